The van der Waals surface area contributed by atoms with E-state index in [1.165, 1.54) is 18.3 Å². The average molecular weight is 309 g/mol. The molecule has 1 aromatic carbocycles. The number of anilines is 1. The van der Waals surface area contributed by atoms with E-state index in [0.717, 1.165) is 5.56 Å². The first kappa shape index (κ1) is 15.0. The predicted octanol–water partition coefficient (Wildman–Crippen LogP) is 1.54. The molecule has 1 heterocycles. The number of hydrogen-bond acceptors (Lipinski definition) is 4. The number of nitrogens with zero attached hydrogens (tertiary/aromatic N) is 1. The molecule has 0 radical (unpaired) electrons. The third-order valence-corrected chi connectivity index (χ3v) is 4.29. The number of rotatable bonds is 6. The molecular formula is C13H15N3O4S. The van der Waals surface area contributed by atoms with Gasteiger partial charge in [0.1, 0.15) is 5.82 Å². The summed E-state index contributed by atoms with van der Waals surface area (Å²) in [6.45, 7) is 1.73. The minimum Gasteiger partial charge on any atom is -0.481 e. The van der Waals surface area contributed by atoms with Crippen LogP contribution in [0, 0.1) is 6.92 Å². The fraction of sp³-hybridized carbons (Fsp3) is 0.231. The number of H-pyrrole nitrogens is 1. The largest absolute Gasteiger partial charge is 0.481 e. The van der Waals surface area contributed by atoms with E-state index in [1.807, 2.05) is 0 Å². The molecule has 0 bridgehead atoms. The number of aromatic amines is 1. The molecule has 0 spiro atoms. The number of hydrogen-bond donors (Lipinski definition) is 3. The van der Waals surface area contributed by atoms with Gasteiger partial charge >= 0.3 is 5.97 Å². The maximum atomic E-state index is 12.2. The minimum absolute atomic E-state index is 0.0116. The summed E-state index contributed by atoms with van der Waals surface area (Å²) in [5, 5.41) is 14.9. The number of carboxylic acids is 1. The molecule has 0 saturated carbocycles. The van der Waals surface area contributed by atoms with Crippen LogP contribution in [0.15, 0.2) is 35.4 Å². The normalized spacial score (nSPS) is 11.3. The van der Waals surface area contributed by atoms with Crippen molar-refractivity contribution >= 4 is 21.8 Å². The fourth-order valence-corrected chi connectivity index (χ4v) is 2.82. The van der Waals surface area contributed by atoms with Gasteiger partial charge in [0.15, 0.2) is 0 Å². The second-order valence-electron chi connectivity index (χ2n) is 4.57. The third-order valence-electron chi connectivity index (χ3n) is 2.93. The molecule has 112 valence electrons. The Morgan fingerprint density at radius 1 is 1.33 bits per heavy atom. The van der Waals surface area contributed by atoms with Crippen LogP contribution in [0.1, 0.15) is 17.5 Å². The second-order valence-corrected chi connectivity index (χ2v) is 6.25. The van der Waals surface area contributed by atoms with Crippen LogP contribution in [0.3, 0.4) is 0 Å². The third kappa shape index (κ3) is 3.82. The van der Waals surface area contributed by atoms with Crippen LogP contribution in [0.2, 0.25) is 0 Å². The lowest BCUT2D eigenvalue weighted by atomic mass is 10.1. The molecule has 2 rings (SSSR count). The van der Waals surface area contributed by atoms with Crippen LogP contribution >= 0.6 is 0 Å². The number of carboxylic acid groups (broad SMARTS) is 1. The molecule has 0 amide bonds. The number of aliphatic carboxylic acids is 1. The first-order chi connectivity index (χ1) is 9.88. The Balaban J connectivity index is 2.13. The Morgan fingerprint density at radius 2 is 2.00 bits per heavy atom. The minimum atomic E-state index is -3.69. The van der Waals surface area contributed by atoms with Crippen LogP contribution in [-0.2, 0) is 21.2 Å². The van der Waals surface area contributed by atoms with Crippen molar-refractivity contribution in [2.45, 2.75) is 24.7 Å². The molecule has 0 unspecified atom stereocenters. The van der Waals surface area contributed by atoms with E-state index < -0.39 is 16.0 Å². The summed E-state index contributed by atoms with van der Waals surface area (Å²) in [6, 6.07) is 6.12. The highest BCUT2D eigenvalue weighted by Gasteiger charge is 2.16. The summed E-state index contributed by atoms with van der Waals surface area (Å²) < 4.78 is 26.8. The van der Waals surface area contributed by atoms with Crippen molar-refractivity contribution < 1.29 is 18.3 Å². The second kappa shape index (κ2) is 5.96. The molecule has 0 aliphatic carbocycles. The van der Waals surface area contributed by atoms with E-state index in [-0.39, 0.29) is 11.3 Å². The monoisotopic (exact) mass is 309 g/mol. The van der Waals surface area contributed by atoms with Crippen molar-refractivity contribution in [3.63, 3.8) is 0 Å². The Morgan fingerprint density at radius 3 is 2.52 bits per heavy atom. The van der Waals surface area contributed by atoms with Gasteiger partial charge in [0.05, 0.1) is 11.1 Å². The lowest BCUT2D eigenvalue weighted by molar-refractivity contribution is -0.136. The van der Waals surface area contributed by atoms with E-state index in [1.54, 1.807) is 19.1 Å². The van der Waals surface area contributed by atoms with Crippen LogP contribution in [0.5, 0.6) is 0 Å². The predicted molar refractivity (Wildman–Crippen MR) is 76.5 cm³/mol. The quantitative estimate of drug-likeness (QED) is 0.749. The Hall–Kier alpha value is -2.35. The van der Waals surface area contributed by atoms with Gasteiger partial charge in [0.2, 0.25) is 0 Å². The van der Waals surface area contributed by atoms with Crippen molar-refractivity contribution in [2.24, 2.45) is 0 Å². The lowest BCUT2D eigenvalue weighted by Gasteiger charge is -2.07. The fourth-order valence-electron chi connectivity index (χ4n) is 1.73. The highest BCUT2D eigenvalue weighted by atomic mass is 32.2. The summed E-state index contributed by atoms with van der Waals surface area (Å²) in [4.78, 5) is 10.6. The van der Waals surface area contributed by atoms with Crippen molar-refractivity contribution in [1.29, 1.82) is 0 Å². The van der Waals surface area contributed by atoms with Crippen molar-refractivity contribution in [3.05, 3.63) is 41.6 Å². The van der Waals surface area contributed by atoms with Gasteiger partial charge in [-0.2, -0.15) is 5.10 Å². The molecule has 8 heteroatoms. The molecule has 0 aliphatic heterocycles. The molecule has 0 atom stereocenters. The number of aryl methyl sites for hydroxylation is 2. The first-order valence-corrected chi connectivity index (χ1v) is 7.70. The van der Waals surface area contributed by atoms with Crippen molar-refractivity contribution in [2.75, 3.05) is 4.72 Å². The van der Waals surface area contributed by atoms with E-state index in [2.05, 4.69) is 14.9 Å². The first-order valence-electron chi connectivity index (χ1n) is 6.22. The zero-order valence-electron chi connectivity index (χ0n) is 11.3. The summed E-state index contributed by atoms with van der Waals surface area (Å²) in [5.74, 6) is -0.562. The molecular weight excluding hydrogens is 294 g/mol. The highest BCUT2D eigenvalue weighted by molar-refractivity contribution is 7.92. The van der Waals surface area contributed by atoms with Crippen LogP contribution < -0.4 is 4.72 Å². The van der Waals surface area contributed by atoms with Gasteiger partial charge in [-0.15, -0.1) is 0 Å². The molecule has 2 aromatic rings. The van der Waals surface area contributed by atoms with Gasteiger partial charge in [-0.3, -0.25) is 14.6 Å². The van der Waals surface area contributed by atoms with Crippen LogP contribution in [0.25, 0.3) is 0 Å². The smallest absolute Gasteiger partial charge is 0.303 e. The summed E-state index contributed by atoms with van der Waals surface area (Å²) in [7, 11) is -3.69. The Kier molecular flexibility index (Phi) is 4.27. The van der Waals surface area contributed by atoms with E-state index in [9.17, 15) is 13.2 Å². The zero-order valence-corrected chi connectivity index (χ0v) is 12.1. The van der Waals surface area contributed by atoms with Gasteiger partial charge in [-0.25, -0.2) is 8.42 Å². The molecule has 21 heavy (non-hydrogen) atoms. The molecule has 0 aliphatic rings. The number of sulfonamides is 1. The molecule has 1 aromatic heterocycles. The van der Waals surface area contributed by atoms with E-state index >= 15 is 0 Å². The number of carbonyl (C=O) groups is 1. The van der Waals surface area contributed by atoms with Crippen LogP contribution in [0.4, 0.5) is 5.82 Å². The number of aromatic nitrogens is 2. The van der Waals surface area contributed by atoms with Gasteiger partial charge in [-0.05, 0) is 31.0 Å². The molecule has 0 fully saturated rings. The van der Waals surface area contributed by atoms with Gasteiger partial charge in [0.25, 0.3) is 10.0 Å². The maximum absolute atomic E-state index is 12.2. The topological polar surface area (TPSA) is 112 Å². The average Bonchev–Trinajstić information content (AvgIpc) is 2.82. The molecule has 7 nitrogen and oxygen atoms in total. The summed E-state index contributed by atoms with van der Waals surface area (Å²) in [6.07, 6.45) is 1.90. The summed E-state index contributed by atoms with van der Waals surface area (Å²) >= 11 is 0. The van der Waals surface area contributed by atoms with Crippen LogP contribution in [-0.4, -0.2) is 29.7 Å². The maximum Gasteiger partial charge on any atom is 0.303 e. The molecule has 3 N–H and O–H groups in total. The Bertz CT molecular complexity index is 735. The highest BCUT2D eigenvalue weighted by Crippen LogP contribution is 2.17. The van der Waals surface area contributed by atoms with Crippen molar-refractivity contribution in [1.82, 2.24) is 10.2 Å². The van der Waals surface area contributed by atoms with Gasteiger partial charge in [-0.1, -0.05) is 12.1 Å². The molecule has 0 saturated heterocycles. The van der Waals surface area contributed by atoms with E-state index in [0.29, 0.717) is 17.8 Å². The SMILES string of the molecule is Cc1cn[nH]c1NS(=O)(=O)c1ccc(CCC(=O)O)cc1. The van der Waals surface area contributed by atoms with Crippen molar-refractivity contribution in [3.8, 4) is 0 Å². The van der Waals surface area contributed by atoms with Gasteiger partial charge in [0, 0.05) is 12.0 Å². The standard InChI is InChI=1S/C13H15N3O4S/c1-9-8-14-15-13(9)16-21(19,20)11-5-2-10(3-6-11)4-7-12(17)18/h2-3,5-6,8H,4,7H2,1H3,(H,17,18)(H2,14,15,16). The summed E-state index contributed by atoms with van der Waals surface area (Å²) in [5.41, 5.74) is 1.46. The number of nitrogens with one attached hydrogen (secondary N) is 2. The van der Waals surface area contributed by atoms with E-state index in [4.69, 9.17) is 5.11 Å². The lowest BCUT2D eigenvalue weighted by Crippen LogP contribution is -2.14. The Labute approximate surface area is 122 Å². The van der Waals surface area contributed by atoms with Gasteiger partial charge < -0.3 is 5.11 Å². The zero-order chi connectivity index (χ0) is 15.5. The number of benzene rings is 1.